The minimum Gasteiger partial charge on any atom is -0.344 e. The molecule has 2 nitrogen and oxygen atoms in total. The van der Waals surface area contributed by atoms with Gasteiger partial charge >= 0.3 is 0 Å². The van der Waals surface area contributed by atoms with Crippen molar-refractivity contribution >= 4 is 6.08 Å². The van der Waals surface area contributed by atoms with Gasteiger partial charge < -0.3 is 9.47 Å². The van der Waals surface area contributed by atoms with Gasteiger partial charge in [0.25, 0.3) is 0 Å². The first-order chi connectivity index (χ1) is 8.51. The Morgan fingerprint density at radius 1 is 1.06 bits per heavy atom. The SMILES string of the molecule is CC1(C)CC=Cc2ccc(C3(C)OCCO3)cc21. The Balaban J connectivity index is 2.07. The van der Waals surface area contributed by atoms with E-state index in [2.05, 4.69) is 44.2 Å². The summed E-state index contributed by atoms with van der Waals surface area (Å²) in [5.41, 5.74) is 4.02. The van der Waals surface area contributed by atoms with Gasteiger partial charge in [-0.3, -0.25) is 0 Å². The van der Waals surface area contributed by atoms with Gasteiger partial charge in [0.2, 0.25) is 0 Å². The summed E-state index contributed by atoms with van der Waals surface area (Å²) in [6, 6.07) is 6.55. The quantitative estimate of drug-likeness (QED) is 0.751. The molecule has 1 saturated heterocycles. The molecule has 1 fully saturated rings. The Kier molecular flexibility index (Phi) is 2.61. The molecule has 0 N–H and O–H groups in total. The first kappa shape index (κ1) is 11.9. The average molecular weight is 244 g/mol. The Bertz CT molecular complexity index is 494. The van der Waals surface area contributed by atoms with Crippen molar-refractivity contribution in [1.82, 2.24) is 0 Å². The smallest absolute Gasteiger partial charge is 0.192 e. The highest BCUT2D eigenvalue weighted by atomic mass is 16.7. The minimum atomic E-state index is -0.563. The van der Waals surface area contributed by atoms with Crippen LogP contribution in [0.5, 0.6) is 0 Å². The van der Waals surface area contributed by atoms with E-state index in [9.17, 15) is 0 Å². The van der Waals surface area contributed by atoms with E-state index >= 15 is 0 Å². The van der Waals surface area contributed by atoms with Crippen molar-refractivity contribution in [2.24, 2.45) is 0 Å². The molecule has 0 amide bonds. The largest absolute Gasteiger partial charge is 0.344 e. The van der Waals surface area contributed by atoms with Gasteiger partial charge in [-0.25, -0.2) is 0 Å². The van der Waals surface area contributed by atoms with Gasteiger partial charge in [0, 0.05) is 5.56 Å². The molecule has 3 rings (SSSR count). The summed E-state index contributed by atoms with van der Waals surface area (Å²) >= 11 is 0. The number of allylic oxidation sites excluding steroid dienone is 1. The molecule has 2 heteroatoms. The third-order valence-electron chi connectivity index (χ3n) is 4.07. The van der Waals surface area contributed by atoms with Crippen molar-refractivity contribution in [3.8, 4) is 0 Å². The predicted molar refractivity (Wildman–Crippen MR) is 72.4 cm³/mol. The fraction of sp³-hybridized carbons (Fsp3) is 0.500. The zero-order valence-corrected chi connectivity index (χ0v) is 11.3. The summed E-state index contributed by atoms with van der Waals surface area (Å²) in [5.74, 6) is -0.563. The first-order valence-corrected chi connectivity index (χ1v) is 6.61. The van der Waals surface area contributed by atoms with Gasteiger partial charge in [-0.05, 0) is 36.0 Å². The van der Waals surface area contributed by atoms with Gasteiger partial charge in [0.05, 0.1) is 13.2 Å². The van der Waals surface area contributed by atoms with E-state index in [0.29, 0.717) is 13.2 Å². The standard InChI is InChI=1S/C16H20O2/c1-15(2)8-4-5-12-6-7-13(11-14(12)15)16(3)17-9-10-18-16/h4-7,11H,8-10H2,1-3H3. The number of hydrogen-bond acceptors (Lipinski definition) is 2. The number of rotatable bonds is 1. The fourth-order valence-electron chi connectivity index (χ4n) is 2.84. The lowest BCUT2D eigenvalue weighted by atomic mass is 9.75. The lowest BCUT2D eigenvalue weighted by Gasteiger charge is -2.31. The second-order valence-electron chi connectivity index (χ2n) is 5.94. The monoisotopic (exact) mass is 244 g/mol. The third-order valence-corrected chi connectivity index (χ3v) is 4.07. The van der Waals surface area contributed by atoms with Crippen LogP contribution in [0.2, 0.25) is 0 Å². The molecular weight excluding hydrogens is 224 g/mol. The highest BCUT2D eigenvalue weighted by Crippen LogP contribution is 2.39. The molecule has 0 unspecified atom stereocenters. The molecule has 0 radical (unpaired) electrons. The van der Waals surface area contributed by atoms with E-state index in [1.807, 2.05) is 6.92 Å². The molecule has 0 aromatic heterocycles. The number of benzene rings is 1. The van der Waals surface area contributed by atoms with Crippen LogP contribution in [0, 0.1) is 0 Å². The maximum atomic E-state index is 5.75. The summed E-state index contributed by atoms with van der Waals surface area (Å²) in [6.07, 6.45) is 5.55. The van der Waals surface area contributed by atoms with Crippen molar-refractivity contribution in [1.29, 1.82) is 0 Å². The van der Waals surface area contributed by atoms with Gasteiger partial charge in [-0.15, -0.1) is 0 Å². The molecule has 1 aliphatic heterocycles. The summed E-state index contributed by atoms with van der Waals surface area (Å²) in [4.78, 5) is 0. The molecule has 2 aliphatic rings. The van der Waals surface area contributed by atoms with Gasteiger partial charge in [-0.1, -0.05) is 38.1 Å². The van der Waals surface area contributed by atoms with Crippen molar-refractivity contribution in [3.63, 3.8) is 0 Å². The van der Waals surface area contributed by atoms with E-state index in [0.717, 1.165) is 12.0 Å². The van der Waals surface area contributed by atoms with Crippen LogP contribution in [0.25, 0.3) is 6.08 Å². The Hall–Kier alpha value is -1.12. The van der Waals surface area contributed by atoms with Crippen LogP contribution in [0.4, 0.5) is 0 Å². The molecular formula is C16H20O2. The highest BCUT2D eigenvalue weighted by molar-refractivity contribution is 5.60. The summed E-state index contributed by atoms with van der Waals surface area (Å²) < 4.78 is 11.5. The minimum absolute atomic E-state index is 0.190. The molecule has 18 heavy (non-hydrogen) atoms. The molecule has 0 bridgehead atoms. The molecule has 1 aromatic carbocycles. The van der Waals surface area contributed by atoms with E-state index in [1.54, 1.807) is 0 Å². The van der Waals surface area contributed by atoms with E-state index in [1.165, 1.54) is 11.1 Å². The second kappa shape index (κ2) is 3.94. The van der Waals surface area contributed by atoms with Crippen LogP contribution in [0.3, 0.4) is 0 Å². The van der Waals surface area contributed by atoms with Crippen molar-refractivity contribution in [2.75, 3.05) is 13.2 Å². The maximum Gasteiger partial charge on any atom is 0.192 e. The van der Waals surface area contributed by atoms with E-state index in [-0.39, 0.29) is 5.41 Å². The van der Waals surface area contributed by atoms with Crippen LogP contribution in [0.1, 0.15) is 43.9 Å². The third kappa shape index (κ3) is 1.80. The normalized spacial score (nSPS) is 23.9. The molecule has 0 spiro atoms. The van der Waals surface area contributed by atoms with Crippen LogP contribution >= 0.6 is 0 Å². The van der Waals surface area contributed by atoms with Gasteiger partial charge in [-0.2, -0.15) is 0 Å². The lowest BCUT2D eigenvalue weighted by molar-refractivity contribution is -0.149. The first-order valence-electron chi connectivity index (χ1n) is 6.61. The molecule has 1 aliphatic carbocycles. The van der Waals surface area contributed by atoms with Crippen molar-refractivity contribution in [3.05, 3.63) is 41.0 Å². The van der Waals surface area contributed by atoms with Gasteiger partial charge in [0.1, 0.15) is 0 Å². The molecule has 0 saturated carbocycles. The maximum absolute atomic E-state index is 5.75. The molecule has 1 heterocycles. The second-order valence-corrected chi connectivity index (χ2v) is 5.94. The lowest BCUT2D eigenvalue weighted by Crippen LogP contribution is -2.25. The van der Waals surface area contributed by atoms with E-state index in [4.69, 9.17) is 9.47 Å². The van der Waals surface area contributed by atoms with Gasteiger partial charge in [0.15, 0.2) is 5.79 Å². The van der Waals surface area contributed by atoms with Crippen molar-refractivity contribution < 1.29 is 9.47 Å². The van der Waals surface area contributed by atoms with Crippen LogP contribution < -0.4 is 0 Å². The zero-order valence-electron chi connectivity index (χ0n) is 11.3. The topological polar surface area (TPSA) is 18.5 Å². The van der Waals surface area contributed by atoms with Crippen LogP contribution in [-0.2, 0) is 20.7 Å². The van der Waals surface area contributed by atoms with Crippen molar-refractivity contribution in [2.45, 2.75) is 38.4 Å². The summed E-state index contributed by atoms with van der Waals surface area (Å²) in [5, 5.41) is 0. The Morgan fingerprint density at radius 2 is 1.78 bits per heavy atom. The van der Waals surface area contributed by atoms with Crippen LogP contribution in [0.15, 0.2) is 24.3 Å². The fourth-order valence-corrected chi connectivity index (χ4v) is 2.84. The molecule has 0 atom stereocenters. The van der Waals surface area contributed by atoms with Crippen LogP contribution in [-0.4, -0.2) is 13.2 Å². The molecule has 1 aromatic rings. The number of ether oxygens (including phenoxy) is 2. The predicted octanol–water partition coefficient (Wildman–Crippen LogP) is 3.60. The number of hydrogen-bond donors (Lipinski definition) is 0. The summed E-state index contributed by atoms with van der Waals surface area (Å²) in [6.45, 7) is 7.94. The van der Waals surface area contributed by atoms with E-state index < -0.39 is 5.79 Å². The average Bonchev–Trinajstić information content (AvgIpc) is 2.77. The summed E-state index contributed by atoms with van der Waals surface area (Å²) in [7, 11) is 0. The Labute approximate surface area is 109 Å². The zero-order chi connectivity index (χ0) is 12.8. The molecule has 96 valence electrons. The number of fused-ring (bicyclic) bond motifs is 1. The Morgan fingerprint density at radius 3 is 2.50 bits per heavy atom. The highest BCUT2D eigenvalue weighted by Gasteiger charge is 2.35.